The van der Waals surface area contributed by atoms with E-state index in [-0.39, 0.29) is 12.3 Å². The number of benzene rings is 1. The third kappa shape index (κ3) is 3.76. The molecule has 0 bridgehead atoms. The molecule has 0 aromatic heterocycles. The van der Waals surface area contributed by atoms with E-state index in [0.29, 0.717) is 12.1 Å². The maximum absolute atomic E-state index is 12.4. The minimum atomic E-state index is -4.37. The zero-order chi connectivity index (χ0) is 13.1. The number of nitrogens with zero attached hydrogens (tertiary/aromatic N) is 1. The van der Waals surface area contributed by atoms with Gasteiger partial charge in [0.25, 0.3) is 0 Å². The quantitative estimate of drug-likeness (QED) is 0.801. The molecule has 0 N–H and O–H groups in total. The van der Waals surface area contributed by atoms with E-state index >= 15 is 0 Å². The van der Waals surface area contributed by atoms with Crippen LogP contribution in [0.1, 0.15) is 18.1 Å². The fourth-order valence-corrected chi connectivity index (χ4v) is 1.34. The third-order valence-corrected chi connectivity index (χ3v) is 2.51. The fraction of sp³-hybridized carbons (Fsp3) is 0.417. The molecule has 1 amide bonds. The molecule has 0 spiro atoms. The first-order valence-corrected chi connectivity index (χ1v) is 5.24. The van der Waals surface area contributed by atoms with E-state index in [1.807, 2.05) is 6.92 Å². The van der Waals surface area contributed by atoms with Crippen molar-refractivity contribution >= 4 is 5.91 Å². The largest absolute Gasteiger partial charge is 0.416 e. The van der Waals surface area contributed by atoms with Crippen LogP contribution in [0.4, 0.5) is 13.2 Å². The van der Waals surface area contributed by atoms with E-state index in [1.54, 1.807) is 7.05 Å². The van der Waals surface area contributed by atoms with Gasteiger partial charge in [-0.25, -0.2) is 0 Å². The zero-order valence-electron chi connectivity index (χ0n) is 9.71. The minimum absolute atomic E-state index is 0.00569. The second-order valence-electron chi connectivity index (χ2n) is 3.78. The van der Waals surface area contributed by atoms with Gasteiger partial charge in [0.05, 0.1) is 12.0 Å². The van der Waals surface area contributed by atoms with Gasteiger partial charge in [-0.05, 0) is 18.6 Å². The van der Waals surface area contributed by atoms with Gasteiger partial charge in [-0.1, -0.05) is 18.2 Å². The van der Waals surface area contributed by atoms with Crippen molar-refractivity contribution in [3.05, 3.63) is 35.4 Å². The highest BCUT2D eigenvalue weighted by atomic mass is 19.4. The number of likely N-dealkylation sites (N-methyl/N-ethyl adjacent to an activating group) is 1. The SMILES string of the molecule is CCN(C)C(=O)Cc1cccc(C(F)(F)F)c1. The Hall–Kier alpha value is -1.52. The van der Waals surface area contributed by atoms with Gasteiger partial charge in [-0.15, -0.1) is 0 Å². The third-order valence-electron chi connectivity index (χ3n) is 2.51. The van der Waals surface area contributed by atoms with Crippen molar-refractivity contribution in [3.8, 4) is 0 Å². The van der Waals surface area contributed by atoms with Crippen LogP contribution in [0, 0.1) is 0 Å². The molecule has 5 heteroatoms. The van der Waals surface area contributed by atoms with E-state index in [0.717, 1.165) is 12.1 Å². The van der Waals surface area contributed by atoms with Crippen molar-refractivity contribution in [3.63, 3.8) is 0 Å². The molecule has 1 rings (SSSR count). The summed E-state index contributed by atoms with van der Waals surface area (Å²) < 4.78 is 37.3. The van der Waals surface area contributed by atoms with E-state index in [2.05, 4.69) is 0 Å². The number of hydrogen-bond donors (Lipinski definition) is 0. The van der Waals surface area contributed by atoms with Gasteiger partial charge < -0.3 is 4.90 Å². The summed E-state index contributed by atoms with van der Waals surface area (Å²) in [6.07, 6.45) is -4.37. The smallest absolute Gasteiger partial charge is 0.346 e. The Morgan fingerprint density at radius 3 is 2.53 bits per heavy atom. The molecular weight excluding hydrogens is 231 g/mol. The summed E-state index contributed by atoms with van der Waals surface area (Å²) in [6.45, 7) is 2.35. The van der Waals surface area contributed by atoms with Gasteiger partial charge in [-0.3, -0.25) is 4.79 Å². The fourth-order valence-electron chi connectivity index (χ4n) is 1.34. The topological polar surface area (TPSA) is 20.3 Å². The number of halogens is 3. The van der Waals surface area contributed by atoms with Crippen LogP contribution >= 0.6 is 0 Å². The number of carbonyl (C=O) groups excluding carboxylic acids is 1. The van der Waals surface area contributed by atoms with Crippen molar-refractivity contribution in [2.75, 3.05) is 13.6 Å². The minimum Gasteiger partial charge on any atom is -0.346 e. The van der Waals surface area contributed by atoms with Crippen molar-refractivity contribution in [1.82, 2.24) is 4.90 Å². The van der Waals surface area contributed by atoms with Crippen LogP contribution in [0.2, 0.25) is 0 Å². The lowest BCUT2D eigenvalue weighted by molar-refractivity contribution is -0.137. The van der Waals surface area contributed by atoms with Crippen molar-refractivity contribution < 1.29 is 18.0 Å². The molecule has 1 aromatic rings. The van der Waals surface area contributed by atoms with Crippen LogP contribution in [0.5, 0.6) is 0 Å². The Bertz CT molecular complexity index is 401. The summed E-state index contributed by atoms with van der Waals surface area (Å²) in [4.78, 5) is 13.0. The Labute approximate surface area is 98.0 Å². The zero-order valence-corrected chi connectivity index (χ0v) is 9.71. The Morgan fingerprint density at radius 1 is 1.35 bits per heavy atom. The van der Waals surface area contributed by atoms with Gasteiger partial charge in [0, 0.05) is 13.6 Å². The molecule has 0 saturated carbocycles. The average Bonchev–Trinajstić information content (AvgIpc) is 2.27. The second kappa shape index (κ2) is 5.21. The summed E-state index contributed by atoms with van der Waals surface area (Å²) in [7, 11) is 1.62. The standard InChI is InChI=1S/C12H14F3NO/c1-3-16(2)11(17)8-9-5-4-6-10(7-9)12(13,14)15/h4-7H,3,8H2,1-2H3. The van der Waals surface area contributed by atoms with Crippen LogP contribution in [0.25, 0.3) is 0 Å². The lowest BCUT2D eigenvalue weighted by atomic mass is 10.1. The lowest BCUT2D eigenvalue weighted by Gasteiger charge is -2.15. The summed E-state index contributed by atoms with van der Waals surface area (Å²) in [5, 5.41) is 0. The molecule has 0 aliphatic rings. The van der Waals surface area contributed by atoms with Crippen LogP contribution in [-0.4, -0.2) is 24.4 Å². The number of alkyl halides is 3. The number of rotatable bonds is 3. The van der Waals surface area contributed by atoms with Gasteiger partial charge in [-0.2, -0.15) is 13.2 Å². The molecule has 0 fully saturated rings. The second-order valence-corrected chi connectivity index (χ2v) is 3.78. The number of carbonyl (C=O) groups is 1. The highest BCUT2D eigenvalue weighted by Crippen LogP contribution is 2.29. The van der Waals surface area contributed by atoms with Crippen LogP contribution in [0.15, 0.2) is 24.3 Å². The van der Waals surface area contributed by atoms with E-state index < -0.39 is 11.7 Å². The Kier molecular flexibility index (Phi) is 4.15. The van der Waals surface area contributed by atoms with Gasteiger partial charge in [0.2, 0.25) is 5.91 Å². The monoisotopic (exact) mass is 245 g/mol. The molecule has 0 aliphatic carbocycles. The molecule has 0 saturated heterocycles. The predicted molar refractivity (Wildman–Crippen MR) is 58.5 cm³/mol. The van der Waals surface area contributed by atoms with Crippen molar-refractivity contribution in [2.45, 2.75) is 19.5 Å². The molecule has 0 heterocycles. The first-order valence-electron chi connectivity index (χ1n) is 5.24. The van der Waals surface area contributed by atoms with Crippen molar-refractivity contribution in [2.24, 2.45) is 0 Å². The predicted octanol–water partition coefficient (Wildman–Crippen LogP) is 2.73. The maximum Gasteiger partial charge on any atom is 0.416 e. The summed E-state index contributed by atoms with van der Waals surface area (Å²) in [6, 6.07) is 4.85. The summed E-state index contributed by atoms with van der Waals surface area (Å²) >= 11 is 0. The highest BCUT2D eigenvalue weighted by Gasteiger charge is 2.30. The summed E-state index contributed by atoms with van der Waals surface area (Å²) in [5.74, 6) is -0.188. The van der Waals surface area contributed by atoms with Crippen molar-refractivity contribution in [1.29, 1.82) is 0 Å². The molecular formula is C12H14F3NO. The van der Waals surface area contributed by atoms with E-state index in [1.165, 1.54) is 17.0 Å². The number of amides is 1. The summed E-state index contributed by atoms with van der Waals surface area (Å²) in [5.41, 5.74) is -0.341. The maximum atomic E-state index is 12.4. The first-order chi connectivity index (χ1) is 7.84. The molecule has 0 atom stereocenters. The van der Waals surface area contributed by atoms with E-state index in [4.69, 9.17) is 0 Å². The van der Waals surface area contributed by atoms with Crippen LogP contribution in [-0.2, 0) is 17.4 Å². The van der Waals surface area contributed by atoms with Gasteiger partial charge in [0.15, 0.2) is 0 Å². The molecule has 17 heavy (non-hydrogen) atoms. The molecule has 0 radical (unpaired) electrons. The average molecular weight is 245 g/mol. The van der Waals surface area contributed by atoms with Crippen LogP contribution < -0.4 is 0 Å². The molecule has 0 aliphatic heterocycles. The van der Waals surface area contributed by atoms with E-state index in [9.17, 15) is 18.0 Å². The normalized spacial score (nSPS) is 11.4. The lowest BCUT2D eigenvalue weighted by Crippen LogP contribution is -2.27. The molecule has 1 aromatic carbocycles. The molecule has 2 nitrogen and oxygen atoms in total. The van der Waals surface area contributed by atoms with Gasteiger partial charge >= 0.3 is 6.18 Å². The van der Waals surface area contributed by atoms with Gasteiger partial charge in [0.1, 0.15) is 0 Å². The Morgan fingerprint density at radius 2 is 2.00 bits per heavy atom. The molecule has 94 valence electrons. The molecule has 0 unspecified atom stereocenters. The van der Waals surface area contributed by atoms with Crippen LogP contribution in [0.3, 0.4) is 0 Å². The first kappa shape index (κ1) is 13.5. The Balaban J connectivity index is 2.83. The highest BCUT2D eigenvalue weighted by molar-refractivity contribution is 5.78. The number of hydrogen-bond acceptors (Lipinski definition) is 1.